The predicted octanol–water partition coefficient (Wildman–Crippen LogP) is 5.67. The molecule has 3 aromatic carbocycles. The van der Waals surface area contributed by atoms with E-state index in [1.807, 2.05) is 54.6 Å². The van der Waals surface area contributed by atoms with Gasteiger partial charge in [-0.1, -0.05) is 66.2 Å². The quantitative estimate of drug-likeness (QED) is 0.477. The fourth-order valence-electron chi connectivity index (χ4n) is 2.77. The van der Waals surface area contributed by atoms with E-state index in [-0.39, 0.29) is 0 Å². The lowest BCUT2D eigenvalue weighted by Gasteiger charge is -2.10. The van der Waals surface area contributed by atoms with Crippen molar-refractivity contribution in [3.63, 3.8) is 0 Å². The monoisotopic (exact) mass is 346 g/mol. The SMILES string of the molecule is Clc1cccc(Oc2nnc(Cc3ccccc3)c3ccccc23)c1. The highest BCUT2D eigenvalue weighted by Crippen LogP contribution is 2.30. The molecule has 0 atom stereocenters. The standard InChI is InChI=1S/C21H15ClN2O/c22-16-9-6-10-17(14-16)25-21-19-12-5-4-11-18(19)20(23-24-21)13-15-7-2-1-3-8-15/h1-12,14H,13H2. The summed E-state index contributed by atoms with van der Waals surface area (Å²) in [7, 11) is 0. The Labute approximate surface area is 150 Å². The van der Waals surface area contributed by atoms with Crippen LogP contribution in [-0.2, 0) is 6.42 Å². The van der Waals surface area contributed by atoms with E-state index in [1.165, 1.54) is 5.56 Å². The summed E-state index contributed by atoms with van der Waals surface area (Å²) in [6.07, 6.45) is 0.728. The van der Waals surface area contributed by atoms with Gasteiger partial charge in [-0.3, -0.25) is 0 Å². The molecular formula is C21H15ClN2O. The van der Waals surface area contributed by atoms with Gasteiger partial charge in [0, 0.05) is 22.2 Å². The fraction of sp³-hybridized carbons (Fsp3) is 0.0476. The summed E-state index contributed by atoms with van der Waals surface area (Å²) in [5.74, 6) is 1.12. The Bertz CT molecular complexity index is 1020. The highest BCUT2D eigenvalue weighted by atomic mass is 35.5. The second-order valence-electron chi connectivity index (χ2n) is 5.72. The molecule has 0 aliphatic rings. The number of fused-ring (bicyclic) bond motifs is 1. The molecule has 0 spiro atoms. The van der Waals surface area contributed by atoms with Crippen molar-refractivity contribution in [2.24, 2.45) is 0 Å². The van der Waals surface area contributed by atoms with E-state index in [4.69, 9.17) is 16.3 Å². The third-order valence-electron chi connectivity index (χ3n) is 3.95. The van der Waals surface area contributed by atoms with Crippen LogP contribution in [-0.4, -0.2) is 10.2 Å². The van der Waals surface area contributed by atoms with Crippen molar-refractivity contribution in [1.82, 2.24) is 10.2 Å². The van der Waals surface area contributed by atoms with Gasteiger partial charge in [-0.25, -0.2) is 0 Å². The van der Waals surface area contributed by atoms with Crippen LogP contribution in [0.25, 0.3) is 10.8 Å². The van der Waals surface area contributed by atoms with Crippen molar-refractivity contribution in [2.75, 3.05) is 0 Å². The first-order chi connectivity index (χ1) is 12.3. The van der Waals surface area contributed by atoms with Crippen LogP contribution in [0.15, 0.2) is 78.9 Å². The van der Waals surface area contributed by atoms with Gasteiger partial charge in [-0.2, -0.15) is 5.10 Å². The molecule has 0 amide bonds. The van der Waals surface area contributed by atoms with Gasteiger partial charge < -0.3 is 4.74 Å². The normalized spacial score (nSPS) is 10.8. The zero-order chi connectivity index (χ0) is 17.1. The van der Waals surface area contributed by atoms with E-state index < -0.39 is 0 Å². The summed E-state index contributed by atoms with van der Waals surface area (Å²) in [5, 5.41) is 11.3. The number of hydrogen-bond donors (Lipinski definition) is 0. The van der Waals surface area contributed by atoms with Gasteiger partial charge in [-0.15, -0.1) is 5.10 Å². The lowest BCUT2D eigenvalue weighted by molar-refractivity contribution is 0.461. The molecule has 0 bridgehead atoms. The second-order valence-corrected chi connectivity index (χ2v) is 6.16. The molecule has 3 nitrogen and oxygen atoms in total. The molecule has 4 aromatic rings. The topological polar surface area (TPSA) is 35.0 Å². The third-order valence-corrected chi connectivity index (χ3v) is 4.19. The van der Waals surface area contributed by atoms with Crippen LogP contribution < -0.4 is 4.74 Å². The molecule has 0 saturated carbocycles. The zero-order valence-electron chi connectivity index (χ0n) is 13.4. The van der Waals surface area contributed by atoms with E-state index in [0.29, 0.717) is 16.7 Å². The summed E-state index contributed by atoms with van der Waals surface area (Å²) in [4.78, 5) is 0. The summed E-state index contributed by atoms with van der Waals surface area (Å²) in [6.45, 7) is 0. The average Bonchev–Trinajstić information content (AvgIpc) is 2.65. The van der Waals surface area contributed by atoms with Gasteiger partial charge in [0.25, 0.3) is 0 Å². The average molecular weight is 347 g/mol. The highest BCUT2D eigenvalue weighted by Gasteiger charge is 2.11. The second kappa shape index (κ2) is 6.91. The Morgan fingerprint density at radius 1 is 0.760 bits per heavy atom. The summed E-state index contributed by atoms with van der Waals surface area (Å²) in [6, 6.07) is 25.5. The van der Waals surface area contributed by atoms with E-state index in [1.54, 1.807) is 12.1 Å². The molecule has 1 heterocycles. The minimum Gasteiger partial charge on any atom is -0.437 e. The number of rotatable bonds is 4. The number of aromatic nitrogens is 2. The van der Waals surface area contributed by atoms with Crippen LogP contribution in [0.5, 0.6) is 11.6 Å². The van der Waals surface area contributed by atoms with Crippen LogP contribution in [0.3, 0.4) is 0 Å². The third kappa shape index (κ3) is 3.47. The van der Waals surface area contributed by atoms with Gasteiger partial charge in [0.15, 0.2) is 0 Å². The predicted molar refractivity (Wildman–Crippen MR) is 100 cm³/mol. The van der Waals surface area contributed by atoms with E-state index in [2.05, 4.69) is 22.3 Å². The number of nitrogens with zero attached hydrogens (tertiary/aromatic N) is 2. The lowest BCUT2D eigenvalue weighted by atomic mass is 10.0. The number of ether oxygens (including phenoxy) is 1. The molecular weight excluding hydrogens is 332 g/mol. The Kier molecular flexibility index (Phi) is 4.32. The Morgan fingerprint density at radius 3 is 2.32 bits per heavy atom. The maximum absolute atomic E-state index is 6.03. The minimum atomic E-state index is 0.481. The van der Waals surface area contributed by atoms with Gasteiger partial charge in [0.05, 0.1) is 5.69 Å². The summed E-state index contributed by atoms with van der Waals surface area (Å²) >= 11 is 6.03. The van der Waals surface area contributed by atoms with Crippen molar-refractivity contribution >= 4 is 22.4 Å². The number of hydrogen-bond acceptors (Lipinski definition) is 3. The number of benzene rings is 3. The highest BCUT2D eigenvalue weighted by molar-refractivity contribution is 6.30. The molecule has 0 aliphatic heterocycles. The zero-order valence-corrected chi connectivity index (χ0v) is 14.1. The molecule has 122 valence electrons. The molecule has 0 unspecified atom stereocenters. The Morgan fingerprint density at radius 2 is 1.52 bits per heavy atom. The van der Waals surface area contributed by atoms with Crippen LogP contribution in [0.4, 0.5) is 0 Å². The van der Waals surface area contributed by atoms with Crippen LogP contribution in [0, 0.1) is 0 Å². The van der Waals surface area contributed by atoms with Gasteiger partial charge >= 0.3 is 0 Å². The maximum Gasteiger partial charge on any atom is 0.246 e. The summed E-state index contributed by atoms with van der Waals surface area (Å²) < 4.78 is 5.92. The minimum absolute atomic E-state index is 0.481. The van der Waals surface area contributed by atoms with Crippen molar-refractivity contribution in [1.29, 1.82) is 0 Å². The van der Waals surface area contributed by atoms with Crippen molar-refractivity contribution in [3.05, 3.63) is 95.1 Å². The van der Waals surface area contributed by atoms with Crippen molar-refractivity contribution < 1.29 is 4.74 Å². The van der Waals surface area contributed by atoms with Crippen LogP contribution in [0.2, 0.25) is 5.02 Å². The molecule has 0 aliphatic carbocycles. The van der Waals surface area contributed by atoms with E-state index >= 15 is 0 Å². The van der Waals surface area contributed by atoms with Gasteiger partial charge in [0.2, 0.25) is 5.88 Å². The molecule has 0 radical (unpaired) electrons. The van der Waals surface area contributed by atoms with Crippen LogP contribution >= 0.6 is 11.6 Å². The molecule has 25 heavy (non-hydrogen) atoms. The Balaban J connectivity index is 1.74. The molecule has 4 heteroatoms. The largest absolute Gasteiger partial charge is 0.437 e. The first kappa shape index (κ1) is 15.6. The molecule has 1 aromatic heterocycles. The van der Waals surface area contributed by atoms with Gasteiger partial charge in [-0.05, 0) is 29.8 Å². The van der Waals surface area contributed by atoms with Crippen molar-refractivity contribution in [3.8, 4) is 11.6 Å². The smallest absolute Gasteiger partial charge is 0.246 e. The molecule has 0 saturated heterocycles. The Hall–Kier alpha value is -2.91. The first-order valence-electron chi connectivity index (χ1n) is 8.01. The maximum atomic E-state index is 6.03. The first-order valence-corrected chi connectivity index (χ1v) is 8.39. The van der Waals surface area contributed by atoms with Crippen molar-refractivity contribution in [2.45, 2.75) is 6.42 Å². The van der Waals surface area contributed by atoms with Crippen LogP contribution in [0.1, 0.15) is 11.3 Å². The summed E-state index contributed by atoms with van der Waals surface area (Å²) in [5.41, 5.74) is 2.13. The molecule has 0 fully saturated rings. The fourth-order valence-corrected chi connectivity index (χ4v) is 2.95. The molecule has 4 rings (SSSR count). The van der Waals surface area contributed by atoms with E-state index in [0.717, 1.165) is 22.9 Å². The van der Waals surface area contributed by atoms with Gasteiger partial charge in [0.1, 0.15) is 5.75 Å². The number of halogens is 1. The molecule has 0 N–H and O–H groups in total. The lowest BCUT2D eigenvalue weighted by Crippen LogP contribution is -1.99. The van der Waals surface area contributed by atoms with E-state index in [9.17, 15) is 0 Å².